The first-order valence-electron chi connectivity index (χ1n) is 5.59. The summed E-state index contributed by atoms with van der Waals surface area (Å²) in [6.45, 7) is 9.60. The van der Waals surface area contributed by atoms with Gasteiger partial charge < -0.3 is 4.74 Å². The lowest BCUT2D eigenvalue weighted by Crippen LogP contribution is -2.20. The molecule has 0 aromatic heterocycles. The van der Waals surface area contributed by atoms with Crippen LogP contribution < -0.4 is 0 Å². The molecule has 2 nitrogen and oxygen atoms in total. The molecule has 0 spiro atoms. The predicted molar refractivity (Wildman–Crippen MR) is 59.4 cm³/mol. The molecule has 0 rings (SSSR count). The zero-order valence-electron chi connectivity index (χ0n) is 10.1. The van der Waals surface area contributed by atoms with Gasteiger partial charge in [-0.15, -0.1) is 0 Å². The van der Waals surface area contributed by atoms with E-state index in [1.807, 2.05) is 20.8 Å². The van der Waals surface area contributed by atoms with Crippen molar-refractivity contribution in [1.82, 2.24) is 0 Å². The number of hydrogen-bond acceptors (Lipinski definition) is 2. The van der Waals surface area contributed by atoms with Gasteiger partial charge in [0.25, 0.3) is 0 Å². The molecule has 0 aromatic rings. The normalized spacial score (nSPS) is 11.7. The monoisotopic (exact) mass is 200 g/mol. The third kappa shape index (κ3) is 7.07. The molecule has 0 aromatic carbocycles. The number of unbranched alkanes of at least 4 members (excludes halogenated alkanes) is 1. The fourth-order valence-electron chi connectivity index (χ4n) is 1.06. The zero-order valence-corrected chi connectivity index (χ0v) is 10.1. The standard InChI is InChI=1S/C12H24O2/c1-5-6-9-14-10-7-8-11(13)12(2,3)4/h5-10H2,1-4H3. The van der Waals surface area contributed by atoms with Gasteiger partial charge in [-0.05, 0) is 12.8 Å². The van der Waals surface area contributed by atoms with Crippen LogP contribution in [0.25, 0.3) is 0 Å². The van der Waals surface area contributed by atoms with E-state index in [-0.39, 0.29) is 5.41 Å². The van der Waals surface area contributed by atoms with Gasteiger partial charge in [-0.25, -0.2) is 0 Å². The van der Waals surface area contributed by atoms with Crippen molar-refractivity contribution in [3.8, 4) is 0 Å². The molecular weight excluding hydrogens is 176 g/mol. The van der Waals surface area contributed by atoms with Gasteiger partial charge in [0, 0.05) is 25.0 Å². The lowest BCUT2D eigenvalue weighted by molar-refractivity contribution is -0.126. The molecular formula is C12H24O2. The Labute approximate surface area is 88.0 Å². The molecule has 0 fully saturated rings. The Morgan fingerprint density at radius 3 is 2.21 bits per heavy atom. The molecule has 0 saturated carbocycles. The Hall–Kier alpha value is -0.370. The van der Waals surface area contributed by atoms with Gasteiger partial charge in [0.05, 0.1) is 0 Å². The fraction of sp³-hybridized carbons (Fsp3) is 0.917. The number of ether oxygens (including phenoxy) is 1. The van der Waals surface area contributed by atoms with Crippen molar-refractivity contribution in [2.75, 3.05) is 13.2 Å². The molecule has 0 bridgehead atoms. The van der Waals surface area contributed by atoms with Crippen LogP contribution in [0.1, 0.15) is 53.4 Å². The van der Waals surface area contributed by atoms with Gasteiger partial charge in [-0.1, -0.05) is 34.1 Å². The smallest absolute Gasteiger partial charge is 0.138 e. The fourth-order valence-corrected chi connectivity index (χ4v) is 1.06. The Balaban J connectivity index is 3.33. The van der Waals surface area contributed by atoms with E-state index in [9.17, 15) is 4.79 Å². The van der Waals surface area contributed by atoms with Crippen molar-refractivity contribution in [2.45, 2.75) is 53.4 Å². The van der Waals surface area contributed by atoms with E-state index >= 15 is 0 Å². The van der Waals surface area contributed by atoms with Gasteiger partial charge in [0.2, 0.25) is 0 Å². The van der Waals surface area contributed by atoms with Crippen molar-refractivity contribution in [1.29, 1.82) is 0 Å². The van der Waals surface area contributed by atoms with Crippen LogP contribution in [-0.4, -0.2) is 19.0 Å². The molecule has 0 aliphatic carbocycles. The summed E-state index contributed by atoms with van der Waals surface area (Å²) in [5, 5.41) is 0. The summed E-state index contributed by atoms with van der Waals surface area (Å²) in [7, 11) is 0. The summed E-state index contributed by atoms with van der Waals surface area (Å²) < 4.78 is 5.38. The summed E-state index contributed by atoms with van der Waals surface area (Å²) in [4.78, 5) is 11.5. The minimum Gasteiger partial charge on any atom is -0.381 e. The van der Waals surface area contributed by atoms with Crippen molar-refractivity contribution < 1.29 is 9.53 Å². The third-order valence-electron chi connectivity index (χ3n) is 2.17. The highest BCUT2D eigenvalue weighted by atomic mass is 16.5. The summed E-state index contributed by atoms with van der Waals surface area (Å²) in [5.41, 5.74) is -0.191. The highest BCUT2D eigenvalue weighted by molar-refractivity contribution is 5.83. The SMILES string of the molecule is CCCCOCCCC(=O)C(C)(C)C. The molecule has 0 N–H and O–H groups in total. The van der Waals surface area contributed by atoms with Crippen molar-refractivity contribution in [3.05, 3.63) is 0 Å². The van der Waals surface area contributed by atoms with E-state index in [0.29, 0.717) is 12.2 Å². The van der Waals surface area contributed by atoms with Crippen LogP contribution in [-0.2, 0) is 9.53 Å². The maximum Gasteiger partial charge on any atom is 0.138 e. The molecule has 84 valence electrons. The van der Waals surface area contributed by atoms with Crippen LogP contribution in [0.5, 0.6) is 0 Å². The number of carbonyl (C=O) groups excluding carboxylic acids is 1. The van der Waals surface area contributed by atoms with Crippen LogP contribution in [0.15, 0.2) is 0 Å². The summed E-state index contributed by atoms with van der Waals surface area (Å²) in [6.07, 6.45) is 3.80. The van der Waals surface area contributed by atoms with Crippen LogP contribution in [0.3, 0.4) is 0 Å². The number of hydrogen-bond donors (Lipinski definition) is 0. The lowest BCUT2D eigenvalue weighted by Gasteiger charge is -2.16. The van der Waals surface area contributed by atoms with Crippen LogP contribution >= 0.6 is 0 Å². The quantitative estimate of drug-likeness (QED) is 0.590. The maximum absolute atomic E-state index is 11.5. The van der Waals surface area contributed by atoms with E-state index in [2.05, 4.69) is 6.92 Å². The van der Waals surface area contributed by atoms with E-state index in [1.54, 1.807) is 0 Å². The van der Waals surface area contributed by atoms with E-state index in [4.69, 9.17) is 4.74 Å². The molecule has 0 aliphatic heterocycles. The first-order valence-corrected chi connectivity index (χ1v) is 5.59. The average Bonchev–Trinajstić information content (AvgIpc) is 2.09. The zero-order chi connectivity index (χ0) is 11.0. The van der Waals surface area contributed by atoms with Crippen LogP contribution in [0.4, 0.5) is 0 Å². The second-order valence-corrected chi connectivity index (χ2v) is 4.74. The number of ketones is 1. The van der Waals surface area contributed by atoms with Gasteiger partial charge in [-0.2, -0.15) is 0 Å². The largest absolute Gasteiger partial charge is 0.381 e. The Bertz CT molecular complexity index is 156. The van der Waals surface area contributed by atoms with Gasteiger partial charge in [0.15, 0.2) is 0 Å². The second kappa shape index (κ2) is 6.99. The van der Waals surface area contributed by atoms with E-state index in [1.165, 1.54) is 6.42 Å². The van der Waals surface area contributed by atoms with Crippen molar-refractivity contribution in [3.63, 3.8) is 0 Å². The molecule has 0 aliphatic rings. The van der Waals surface area contributed by atoms with Gasteiger partial charge >= 0.3 is 0 Å². The Morgan fingerprint density at radius 1 is 1.14 bits per heavy atom. The minimum absolute atomic E-state index is 0.191. The summed E-state index contributed by atoms with van der Waals surface area (Å²) >= 11 is 0. The third-order valence-corrected chi connectivity index (χ3v) is 2.17. The number of carbonyl (C=O) groups is 1. The molecule has 0 unspecified atom stereocenters. The highest BCUT2D eigenvalue weighted by Gasteiger charge is 2.19. The molecule has 0 radical (unpaired) electrons. The first kappa shape index (κ1) is 13.6. The van der Waals surface area contributed by atoms with Gasteiger partial charge in [0.1, 0.15) is 5.78 Å². The molecule has 2 heteroatoms. The summed E-state index contributed by atoms with van der Waals surface area (Å²) in [5.74, 6) is 0.330. The first-order chi connectivity index (χ1) is 6.48. The van der Waals surface area contributed by atoms with Crippen LogP contribution in [0, 0.1) is 5.41 Å². The minimum atomic E-state index is -0.191. The van der Waals surface area contributed by atoms with Crippen molar-refractivity contribution >= 4 is 5.78 Å². The number of rotatable bonds is 7. The second-order valence-electron chi connectivity index (χ2n) is 4.74. The maximum atomic E-state index is 11.5. The Kier molecular flexibility index (Phi) is 6.81. The predicted octanol–water partition coefficient (Wildman–Crippen LogP) is 3.20. The van der Waals surface area contributed by atoms with Crippen molar-refractivity contribution in [2.24, 2.45) is 5.41 Å². The van der Waals surface area contributed by atoms with E-state index in [0.717, 1.165) is 26.1 Å². The average molecular weight is 200 g/mol. The Morgan fingerprint density at radius 2 is 1.71 bits per heavy atom. The molecule has 0 amide bonds. The summed E-state index contributed by atoms with van der Waals surface area (Å²) in [6, 6.07) is 0. The molecule has 0 heterocycles. The molecule has 0 atom stereocenters. The molecule has 0 saturated heterocycles. The van der Waals surface area contributed by atoms with E-state index < -0.39 is 0 Å². The highest BCUT2D eigenvalue weighted by Crippen LogP contribution is 2.17. The van der Waals surface area contributed by atoms with Crippen LogP contribution in [0.2, 0.25) is 0 Å². The molecule has 14 heavy (non-hydrogen) atoms. The lowest BCUT2D eigenvalue weighted by atomic mass is 9.88. The number of Topliss-reactive ketones (excluding diaryl/α,β-unsaturated/α-hetero) is 1. The van der Waals surface area contributed by atoms with Gasteiger partial charge in [-0.3, -0.25) is 4.79 Å². The topological polar surface area (TPSA) is 26.3 Å².